The zero-order valence-electron chi connectivity index (χ0n) is 17.3. The first-order chi connectivity index (χ1) is 15.9. The maximum absolute atomic E-state index is 13.3. The number of rotatable bonds is 5. The molecule has 170 valence electrons. The average Bonchev–Trinajstić information content (AvgIpc) is 3.29. The van der Waals surface area contributed by atoms with Crippen molar-refractivity contribution in [2.45, 2.75) is 12.8 Å². The van der Waals surface area contributed by atoms with Crippen molar-refractivity contribution in [3.63, 3.8) is 0 Å². The van der Waals surface area contributed by atoms with Crippen molar-refractivity contribution in [2.24, 2.45) is 5.92 Å². The molecule has 1 saturated heterocycles. The van der Waals surface area contributed by atoms with Gasteiger partial charge < -0.3 is 15.5 Å². The van der Waals surface area contributed by atoms with Gasteiger partial charge in [0.05, 0.1) is 0 Å². The molecule has 1 aliphatic rings. The normalized spacial score (nSPS) is 14.1. The predicted octanol–water partition coefficient (Wildman–Crippen LogP) is 4.07. The fraction of sp³-hybridized carbons (Fsp3) is 0.227. The molecule has 0 bridgehead atoms. The Kier molecular flexibility index (Phi) is 6.95. The second-order valence-electron chi connectivity index (χ2n) is 7.44. The van der Waals surface area contributed by atoms with E-state index in [0.29, 0.717) is 42.3 Å². The molecule has 1 fully saturated rings. The van der Waals surface area contributed by atoms with Crippen LogP contribution in [0.3, 0.4) is 0 Å². The van der Waals surface area contributed by atoms with Crippen LogP contribution >= 0.6 is 22.9 Å². The van der Waals surface area contributed by atoms with Gasteiger partial charge in [-0.25, -0.2) is 4.39 Å². The molecule has 11 heteroatoms. The van der Waals surface area contributed by atoms with Crippen LogP contribution in [-0.2, 0) is 4.79 Å². The maximum atomic E-state index is 13.3. The van der Waals surface area contributed by atoms with Crippen molar-refractivity contribution in [3.8, 4) is 0 Å². The molecule has 0 atom stereocenters. The van der Waals surface area contributed by atoms with Crippen LogP contribution in [0.15, 0.2) is 48.5 Å². The Balaban J connectivity index is 1.31. The van der Waals surface area contributed by atoms with Gasteiger partial charge in [0.1, 0.15) is 5.82 Å². The van der Waals surface area contributed by atoms with Crippen LogP contribution in [0.5, 0.6) is 0 Å². The molecule has 0 unspecified atom stereocenters. The Morgan fingerprint density at radius 1 is 0.970 bits per heavy atom. The molecular formula is C22H19ClFN5O3S. The lowest BCUT2D eigenvalue weighted by atomic mass is 9.95. The van der Waals surface area contributed by atoms with Gasteiger partial charge in [-0.1, -0.05) is 35.1 Å². The van der Waals surface area contributed by atoms with Crippen molar-refractivity contribution >= 4 is 52.0 Å². The summed E-state index contributed by atoms with van der Waals surface area (Å²) in [6, 6.07) is 12.4. The zero-order valence-corrected chi connectivity index (χ0v) is 18.8. The Morgan fingerprint density at radius 3 is 2.33 bits per heavy atom. The number of anilines is 2. The highest BCUT2D eigenvalue weighted by Crippen LogP contribution is 2.23. The van der Waals surface area contributed by atoms with Crippen molar-refractivity contribution in [3.05, 3.63) is 69.4 Å². The number of aromatic nitrogens is 2. The van der Waals surface area contributed by atoms with E-state index in [2.05, 4.69) is 20.8 Å². The summed E-state index contributed by atoms with van der Waals surface area (Å²) in [5.41, 5.74) is 0.908. The van der Waals surface area contributed by atoms with E-state index in [0.717, 1.165) is 11.3 Å². The van der Waals surface area contributed by atoms with E-state index in [-0.39, 0.29) is 27.7 Å². The number of benzene rings is 2. The SMILES string of the molecule is O=C(Nc1cccc(Cl)c1)c1nnc(C(=O)N2CCC(C(=O)Nc3cccc(F)c3)CC2)s1. The van der Waals surface area contributed by atoms with Crippen molar-refractivity contribution in [1.82, 2.24) is 15.1 Å². The van der Waals surface area contributed by atoms with E-state index in [1.807, 2.05) is 0 Å². The third-order valence-electron chi connectivity index (χ3n) is 5.13. The monoisotopic (exact) mass is 487 g/mol. The van der Waals surface area contributed by atoms with E-state index >= 15 is 0 Å². The Hall–Kier alpha value is -3.37. The molecule has 0 saturated carbocycles. The minimum absolute atomic E-state index is 0.0580. The standard InChI is InChI=1S/C22H19ClFN5O3S/c23-14-3-1-5-16(11-14)26-19(31)20-27-28-21(33-20)22(32)29-9-7-13(8-10-29)18(30)25-17-6-2-4-15(24)12-17/h1-6,11-13H,7-10H2,(H,25,30)(H,26,31). The van der Waals surface area contributed by atoms with Gasteiger partial charge in [-0.05, 0) is 49.2 Å². The summed E-state index contributed by atoms with van der Waals surface area (Å²) in [4.78, 5) is 39.2. The number of hydrogen-bond acceptors (Lipinski definition) is 6. The number of nitrogens with zero attached hydrogens (tertiary/aromatic N) is 3. The molecule has 8 nitrogen and oxygen atoms in total. The fourth-order valence-electron chi connectivity index (χ4n) is 3.44. The molecule has 0 aliphatic carbocycles. The minimum atomic E-state index is -0.485. The van der Waals surface area contributed by atoms with Crippen molar-refractivity contribution in [1.29, 1.82) is 0 Å². The van der Waals surface area contributed by atoms with Gasteiger partial charge in [-0.3, -0.25) is 14.4 Å². The molecule has 1 aromatic heterocycles. The number of likely N-dealkylation sites (tertiary alicyclic amines) is 1. The molecule has 2 N–H and O–H groups in total. The van der Waals surface area contributed by atoms with Crippen LogP contribution in [0.25, 0.3) is 0 Å². The van der Waals surface area contributed by atoms with E-state index in [9.17, 15) is 18.8 Å². The van der Waals surface area contributed by atoms with E-state index in [1.165, 1.54) is 18.2 Å². The first-order valence-electron chi connectivity index (χ1n) is 10.1. The molecule has 0 radical (unpaired) electrons. The van der Waals surface area contributed by atoms with Gasteiger partial charge >= 0.3 is 0 Å². The van der Waals surface area contributed by atoms with Crippen molar-refractivity contribution < 1.29 is 18.8 Å². The van der Waals surface area contributed by atoms with Gasteiger partial charge in [-0.2, -0.15) is 0 Å². The van der Waals surface area contributed by atoms with Crippen LogP contribution < -0.4 is 10.6 Å². The zero-order chi connectivity index (χ0) is 23.4. The highest BCUT2D eigenvalue weighted by molar-refractivity contribution is 7.15. The highest BCUT2D eigenvalue weighted by atomic mass is 35.5. The van der Waals surface area contributed by atoms with Gasteiger partial charge in [0.15, 0.2) is 0 Å². The molecule has 33 heavy (non-hydrogen) atoms. The summed E-state index contributed by atoms with van der Waals surface area (Å²) in [6.07, 6.45) is 0.932. The number of piperidine rings is 1. The topological polar surface area (TPSA) is 104 Å². The lowest BCUT2D eigenvalue weighted by Gasteiger charge is -2.30. The van der Waals surface area contributed by atoms with Crippen LogP contribution in [-0.4, -0.2) is 45.9 Å². The molecule has 4 rings (SSSR count). The van der Waals surface area contributed by atoms with E-state index in [4.69, 9.17) is 11.6 Å². The highest BCUT2D eigenvalue weighted by Gasteiger charge is 2.30. The van der Waals surface area contributed by atoms with Crippen molar-refractivity contribution in [2.75, 3.05) is 23.7 Å². The quantitative estimate of drug-likeness (QED) is 0.564. The minimum Gasteiger partial charge on any atom is -0.336 e. The molecule has 2 heterocycles. The summed E-state index contributed by atoms with van der Waals surface area (Å²) in [5, 5.41) is 13.7. The summed E-state index contributed by atoms with van der Waals surface area (Å²) >= 11 is 6.82. The van der Waals surface area contributed by atoms with Crippen LogP contribution in [0, 0.1) is 11.7 Å². The molecule has 1 aliphatic heterocycles. The fourth-order valence-corrected chi connectivity index (χ4v) is 4.34. The van der Waals surface area contributed by atoms with E-state index < -0.39 is 11.7 Å². The summed E-state index contributed by atoms with van der Waals surface area (Å²) in [7, 11) is 0. The van der Waals surface area contributed by atoms with Gasteiger partial charge in [-0.15, -0.1) is 10.2 Å². The number of nitrogens with one attached hydrogen (secondary N) is 2. The Morgan fingerprint density at radius 2 is 1.64 bits per heavy atom. The Labute approximate surface area is 197 Å². The first-order valence-corrected chi connectivity index (χ1v) is 11.3. The second-order valence-corrected chi connectivity index (χ2v) is 8.86. The number of halogens is 2. The lowest BCUT2D eigenvalue weighted by Crippen LogP contribution is -2.41. The number of carbonyl (C=O) groups excluding carboxylic acids is 3. The summed E-state index contributed by atoms with van der Waals surface area (Å²) in [6.45, 7) is 0.730. The number of hydrogen-bond donors (Lipinski definition) is 2. The molecule has 2 aromatic carbocycles. The smallest absolute Gasteiger partial charge is 0.286 e. The van der Waals surface area contributed by atoms with Crippen LogP contribution in [0.2, 0.25) is 5.02 Å². The summed E-state index contributed by atoms with van der Waals surface area (Å²) in [5.74, 6) is -1.74. The average molecular weight is 488 g/mol. The summed E-state index contributed by atoms with van der Waals surface area (Å²) < 4.78 is 13.3. The largest absolute Gasteiger partial charge is 0.336 e. The molecular weight excluding hydrogens is 469 g/mol. The predicted molar refractivity (Wildman–Crippen MR) is 123 cm³/mol. The molecule has 3 amide bonds. The second kappa shape index (κ2) is 10.1. The van der Waals surface area contributed by atoms with Crippen LogP contribution in [0.4, 0.5) is 15.8 Å². The lowest BCUT2D eigenvalue weighted by molar-refractivity contribution is -0.121. The Bertz CT molecular complexity index is 1200. The first kappa shape index (κ1) is 22.8. The van der Waals surface area contributed by atoms with Crippen LogP contribution in [0.1, 0.15) is 32.4 Å². The van der Waals surface area contributed by atoms with Gasteiger partial charge in [0, 0.05) is 35.4 Å². The number of amides is 3. The van der Waals surface area contributed by atoms with E-state index in [1.54, 1.807) is 35.2 Å². The third kappa shape index (κ3) is 5.71. The molecule has 3 aromatic rings. The molecule has 0 spiro atoms. The maximum Gasteiger partial charge on any atom is 0.286 e. The van der Waals surface area contributed by atoms with Gasteiger partial charge in [0.2, 0.25) is 15.9 Å². The number of carbonyl (C=O) groups is 3. The van der Waals surface area contributed by atoms with Gasteiger partial charge in [0.25, 0.3) is 11.8 Å². The third-order valence-corrected chi connectivity index (χ3v) is 6.27.